The van der Waals surface area contributed by atoms with E-state index < -0.39 is 6.29 Å². The lowest BCUT2D eigenvalue weighted by Crippen LogP contribution is -1.92. The van der Waals surface area contributed by atoms with E-state index in [4.69, 9.17) is 10.2 Å². The standard InChI is InChI=1S/C2H6O2.FH.H3N.H2O/c1-2(3)4;;;/h2-4H,1H3;1H;1H3;1H2. The fourth-order valence-corrected chi connectivity index (χ4v) is 0. The molecule has 0 aromatic heterocycles. The van der Waals surface area contributed by atoms with Gasteiger partial charge in [-0.05, 0) is 6.92 Å². The molecule has 0 rings (SSSR count). The molecule has 0 fully saturated rings. The first-order chi connectivity index (χ1) is 1.73. The average Bonchev–Trinajstić information content (AvgIpc) is 0.811. The van der Waals surface area contributed by atoms with Gasteiger partial charge in [0, 0.05) is 0 Å². The molecule has 0 aliphatic heterocycles. The number of hydrogen-bond donors (Lipinski definition) is 3. The van der Waals surface area contributed by atoms with E-state index in [1.54, 1.807) is 0 Å². The summed E-state index contributed by atoms with van der Waals surface area (Å²) >= 11 is 0. The van der Waals surface area contributed by atoms with Crippen LogP contribution in [0.1, 0.15) is 6.92 Å². The van der Waals surface area contributed by atoms with Crippen LogP contribution in [0.3, 0.4) is 0 Å². The van der Waals surface area contributed by atoms with Gasteiger partial charge < -0.3 is 21.8 Å². The van der Waals surface area contributed by atoms with E-state index in [1.165, 1.54) is 6.92 Å². The molecule has 0 radical (unpaired) electrons. The third kappa shape index (κ3) is 1550. The van der Waals surface area contributed by atoms with E-state index >= 15 is 0 Å². The van der Waals surface area contributed by atoms with Crippen LogP contribution in [0, 0.1) is 0 Å². The molecule has 0 aliphatic carbocycles. The molecule has 0 heterocycles. The summed E-state index contributed by atoms with van der Waals surface area (Å²) in [5, 5.41) is 15.2. The Balaban J connectivity index is -0.0000000150. The Hall–Kier alpha value is -0.230. The van der Waals surface area contributed by atoms with Crippen molar-refractivity contribution in [3.05, 3.63) is 0 Å². The monoisotopic (exact) mass is 117 g/mol. The van der Waals surface area contributed by atoms with Gasteiger partial charge in [0.2, 0.25) is 0 Å². The molecule has 0 bridgehead atoms. The second kappa shape index (κ2) is 17.1. The van der Waals surface area contributed by atoms with Crippen LogP contribution < -0.4 is 6.15 Å². The van der Waals surface area contributed by atoms with Gasteiger partial charge >= 0.3 is 0 Å². The molecule has 0 atom stereocenters. The summed E-state index contributed by atoms with van der Waals surface area (Å²) in [6, 6.07) is 0. The number of aliphatic hydroxyl groups excluding tert-OH is 1. The molecule has 4 nitrogen and oxygen atoms in total. The third-order valence-corrected chi connectivity index (χ3v) is 0. The van der Waals surface area contributed by atoms with Crippen molar-refractivity contribution in [3.63, 3.8) is 0 Å². The maximum Gasteiger partial charge on any atom is 0.148 e. The normalized spacial score (nSPS) is 5.14. The first kappa shape index (κ1) is 29.4. The zero-order chi connectivity index (χ0) is 3.58. The van der Waals surface area contributed by atoms with Crippen molar-refractivity contribution in [2.45, 2.75) is 13.2 Å². The highest BCUT2D eigenvalue weighted by atomic mass is 19.0. The first-order valence-corrected chi connectivity index (χ1v) is 1.09. The lowest BCUT2D eigenvalue weighted by Gasteiger charge is -1.80. The van der Waals surface area contributed by atoms with Crippen LogP contribution in [0.4, 0.5) is 4.70 Å². The Morgan fingerprint density at radius 2 is 1.29 bits per heavy atom. The number of halogens is 1. The highest BCUT2D eigenvalue weighted by Gasteiger charge is 1.70. The second-order valence-electron chi connectivity index (χ2n) is 0.632. The molecule has 0 unspecified atom stereocenters. The minimum absolute atomic E-state index is 0. The topological polar surface area (TPSA) is 107 Å². The lowest BCUT2D eigenvalue weighted by molar-refractivity contribution is -0.0228. The zero-order valence-corrected chi connectivity index (χ0v) is 4.09. The van der Waals surface area contributed by atoms with Crippen molar-refractivity contribution < 1.29 is 20.4 Å². The average molecular weight is 117 g/mol. The van der Waals surface area contributed by atoms with Crippen LogP contribution in [0.2, 0.25) is 0 Å². The summed E-state index contributed by atoms with van der Waals surface area (Å²) in [7, 11) is 0. The van der Waals surface area contributed by atoms with E-state index in [9.17, 15) is 0 Å². The van der Waals surface area contributed by atoms with Gasteiger partial charge in [0.15, 0.2) is 0 Å². The Morgan fingerprint density at radius 1 is 1.29 bits per heavy atom. The minimum Gasteiger partial charge on any atom is -0.412 e. The van der Waals surface area contributed by atoms with Crippen LogP contribution in [0.15, 0.2) is 0 Å². The molecular formula is C2H12FNO3. The largest absolute Gasteiger partial charge is 0.412 e. The summed E-state index contributed by atoms with van der Waals surface area (Å²) in [5.74, 6) is 0. The van der Waals surface area contributed by atoms with Gasteiger partial charge in [-0.15, -0.1) is 0 Å². The van der Waals surface area contributed by atoms with Crippen LogP contribution in [-0.4, -0.2) is 22.0 Å². The molecule has 0 saturated heterocycles. The van der Waals surface area contributed by atoms with Crippen molar-refractivity contribution in [1.82, 2.24) is 6.15 Å². The van der Waals surface area contributed by atoms with Crippen LogP contribution in [0.5, 0.6) is 0 Å². The Kier molecular flexibility index (Phi) is 71.8. The Labute approximate surface area is 41.0 Å². The molecule has 7 N–H and O–H groups in total. The predicted octanol–water partition coefficient (Wildman–Crippen LogP) is -1.19. The van der Waals surface area contributed by atoms with E-state index in [-0.39, 0.29) is 16.3 Å². The smallest absolute Gasteiger partial charge is 0.148 e. The molecule has 0 aromatic rings. The van der Waals surface area contributed by atoms with E-state index in [2.05, 4.69) is 0 Å². The third-order valence-electron chi connectivity index (χ3n) is 0. The fraction of sp³-hybridized carbons (Fsp3) is 1.00. The van der Waals surface area contributed by atoms with Crippen LogP contribution in [0.25, 0.3) is 0 Å². The zero-order valence-electron chi connectivity index (χ0n) is 4.09. The van der Waals surface area contributed by atoms with Gasteiger partial charge in [-0.3, -0.25) is 4.70 Å². The summed E-state index contributed by atoms with van der Waals surface area (Å²) in [6.45, 7) is 1.28. The van der Waals surface area contributed by atoms with Crippen molar-refractivity contribution in [3.8, 4) is 0 Å². The molecule has 50 valence electrons. The first-order valence-electron chi connectivity index (χ1n) is 1.09. The SMILES string of the molecule is CC(O)O.F.N.O. The van der Waals surface area contributed by atoms with Crippen molar-refractivity contribution in [2.75, 3.05) is 0 Å². The van der Waals surface area contributed by atoms with Gasteiger partial charge in [0.05, 0.1) is 0 Å². The highest BCUT2D eigenvalue weighted by molar-refractivity contribution is 4.02. The minimum atomic E-state index is -1.17. The number of rotatable bonds is 0. The molecule has 7 heavy (non-hydrogen) atoms. The Bertz CT molecular complexity index is 17.7. The second-order valence-corrected chi connectivity index (χ2v) is 0.632. The van der Waals surface area contributed by atoms with Gasteiger partial charge in [0.25, 0.3) is 0 Å². The van der Waals surface area contributed by atoms with Crippen molar-refractivity contribution in [2.24, 2.45) is 0 Å². The summed E-state index contributed by atoms with van der Waals surface area (Å²) in [5.41, 5.74) is 0. The van der Waals surface area contributed by atoms with E-state index in [0.717, 1.165) is 0 Å². The van der Waals surface area contributed by atoms with Crippen LogP contribution >= 0.6 is 0 Å². The lowest BCUT2D eigenvalue weighted by atomic mass is 10.8. The van der Waals surface area contributed by atoms with E-state index in [1.807, 2.05) is 0 Å². The molecular weight excluding hydrogens is 105 g/mol. The van der Waals surface area contributed by atoms with E-state index in [0.29, 0.717) is 0 Å². The van der Waals surface area contributed by atoms with Crippen molar-refractivity contribution >= 4 is 0 Å². The molecule has 0 amide bonds. The maximum absolute atomic E-state index is 7.61. The summed E-state index contributed by atoms with van der Waals surface area (Å²) < 4.78 is 0. The van der Waals surface area contributed by atoms with Gasteiger partial charge in [-0.25, -0.2) is 0 Å². The van der Waals surface area contributed by atoms with Gasteiger partial charge in [0.1, 0.15) is 6.29 Å². The summed E-state index contributed by atoms with van der Waals surface area (Å²) in [4.78, 5) is 0. The van der Waals surface area contributed by atoms with Crippen molar-refractivity contribution in [1.29, 1.82) is 0 Å². The van der Waals surface area contributed by atoms with Crippen LogP contribution in [-0.2, 0) is 0 Å². The number of aliphatic hydroxyl groups is 2. The fourth-order valence-electron chi connectivity index (χ4n) is 0. The molecule has 5 heteroatoms. The summed E-state index contributed by atoms with van der Waals surface area (Å²) in [6.07, 6.45) is -1.17. The van der Waals surface area contributed by atoms with Gasteiger partial charge in [-0.2, -0.15) is 0 Å². The van der Waals surface area contributed by atoms with Gasteiger partial charge in [-0.1, -0.05) is 0 Å². The maximum atomic E-state index is 7.61. The molecule has 0 aromatic carbocycles. The molecule has 0 spiro atoms. The number of hydrogen-bond acceptors (Lipinski definition) is 3. The Morgan fingerprint density at radius 3 is 1.29 bits per heavy atom. The molecule has 0 aliphatic rings. The molecule has 0 saturated carbocycles. The quantitative estimate of drug-likeness (QED) is 0.347. The highest BCUT2D eigenvalue weighted by Crippen LogP contribution is 1.57. The predicted molar refractivity (Wildman–Crippen MR) is 25.0 cm³/mol.